The first-order valence-electron chi connectivity index (χ1n) is 6.36. The summed E-state index contributed by atoms with van der Waals surface area (Å²) < 4.78 is 14.7. The lowest BCUT2D eigenvalue weighted by atomic mass is 10.1. The molecule has 19 heavy (non-hydrogen) atoms. The molecular weight excluding hydrogens is 243 g/mol. The van der Waals surface area contributed by atoms with Crippen molar-refractivity contribution in [2.24, 2.45) is 5.73 Å². The number of halogens is 1. The number of nitrogens with zero attached hydrogens (tertiary/aromatic N) is 1. The van der Waals surface area contributed by atoms with Crippen molar-refractivity contribution in [3.8, 4) is 11.3 Å². The number of aromatic nitrogens is 1. The third-order valence-corrected chi connectivity index (χ3v) is 3.06. The lowest BCUT2D eigenvalue weighted by Crippen LogP contribution is -2.26. The molecule has 4 heteroatoms. The molecule has 0 radical (unpaired) electrons. The molecular formula is C15H17FN2O. The Hall–Kier alpha value is -1.94. The summed E-state index contributed by atoms with van der Waals surface area (Å²) in [7, 11) is 0. The van der Waals surface area contributed by atoms with Crippen molar-refractivity contribution in [3.63, 3.8) is 0 Å². The molecule has 1 aromatic heterocycles. The van der Waals surface area contributed by atoms with E-state index in [0.717, 1.165) is 17.7 Å². The fraction of sp³-hybridized carbons (Fsp3) is 0.267. The van der Waals surface area contributed by atoms with Crippen LogP contribution in [0.15, 0.2) is 41.2 Å². The lowest BCUT2D eigenvalue weighted by Gasteiger charge is -2.13. The second-order valence-electron chi connectivity index (χ2n) is 4.41. The van der Waals surface area contributed by atoms with Crippen LogP contribution in [0.3, 0.4) is 0 Å². The Bertz CT molecular complexity index is 617. The van der Waals surface area contributed by atoms with Gasteiger partial charge in [-0.1, -0.05) is 13.0 Å². The van der Waals surface area contributed by atoms with Crippen LogP contribution in [-0.2, 0) is 13.1 Å². The van der Waals surface area contributed by atoms with E-state index in [1.165, 1.54) is 12.1 Å². The first-order chi connectivity index (χ1) is 9.17. The average molecular weight is 260 g/mol. The van der Waals surface area contributed by atoms with Gasteiger partial charge in [-0.3, -0.25) is 4.79 Å². The summed E-state index contributed by atoms with van der Waals surface area (Å²) in [4.78, 5) is 12.3. The molecule has 2 aromatic rings. The van der Waals surface area contributed by atoms with Crippen LogP contribution in [-0.4, -0.2) is 4.57 Å². The van der Waals surface area contributed by atoms with E-state index in [2.05, 4.69) is 0 Å². The highest BCUT2D eigenvalue weighted by atomic mass is 19.1. The SMILES string of the molecule is CCCn1c(-c2ccc(F)cc2)ccc(CN)c1=O. The zero-order chi connectivity index (χ0) is 13.8. The first kappa shape index (κ1) is 13.5. The normalized spacial score (nSPS) is 10.7. The number of benzene rings is 1. The van der Waals surface area contributed by atoms with E-state index >= 15 is 0 Å². The van der Waals surface area contributed by atoms with Crippen LogP contribution in [0.1, 0.15) is 18.9 Å². The van der Waals surface area contributed by atoms with Gasteiger partial charge in [0, 0.05) is 18.7 Å². The van der Waals surface area contributed by atoms with E-state index in [9.17, 15) is 9.18 Å². The van der Waals surface area contributed by atoms with E-state index in [1.807, 2.05) is 13.0 Å². The van der Waals surface area contributed by atoms with Crippen molar-refractivity contribution < 1.29 is 4.39 Å². The van der Waals surface area contributed by atoms with Gasteiger partial charge in [0.2, 0.25) is 0 Å². The van der Waals surface area contributed by atoms with Crippen LogP contribution in [0.4, 0.5) is 4.39 Å². The third kappa shape index (κ3) is 2.74. The van der Waals surface area contributed by atoms with E-state index in [1.54, 1.807) is 22.8 Å². The van der Waals surface area contributed by atoms with Gasteiger partial charge in [-0.2, -0.15) is 0 Å². The summed E-state index contributed by atoms with van der Waals surface area (Å²) in [5.74, 6) is -0.285. The molecule has 2 rings (SSSR count). The van der Waals surface area contributed by atoms with Crippen LogP contribution >= 0.6 is 0 Å². The topological polar surface area (TPSA) is 48.0 Å². The highest BCUT2D eigenvalue weighted by Crippen LogP contribution is 2.19. The van der Waals surface area contributed by atoms with Gasteiger partial charge in [-0.15, -0.1) is 0 Å². The van der Waals surface area contributed by atoms with Crippen molar-refractivity contribution in [1.29, 1.82) is 0 Å². The summed E-state index contributed by atoms with van der Waals surface area (Å²) in [6.45, 7) is 2.86. The van der Waals surface area contributed by atoms with Gasteiger partial charge in [-0.05, 0) is 42.3 Å². The van der Waals surface area contributed by atoms with Gasteiger partial charge in [0.25, 0.3) is 5.56 Å². The minimum absolute atomic E-state index is 0.0637. The standard InChI is InChI=1S/C15H17FN2O/c1-2-9-18-14(8-5-12(10-17)15(18)19)11-3-6-13(16)7-4-11/h3-8H,2,9-10,17H2,1H3. The number of hydrogen-bond donors (Lipinski definition) is 1. The maximum absolute atomic E-state index is 13.0. The Labute approximate surface area is 111 Å². The summed E-state index contributed by atoms with van der Waals surface area (Å²) in [5.41, 5.74) is 7.72. The van der Waals surface area contributed by atoms with Gasteiger partial charge in [0.05, 0.1) is 5.69 Å². The summed E-state index contributed by atoms with van der Waals surface area (Å²) in [6.07, 6.45) is 0.849. The van der Waals surface area contributed by atoms with Gasteiger partial charge < -0.3 is 10.3 Å². The first-order valence-corrected chi connectivity index (χ1v) is 6.36. The summed E-state index contributed by atoms with van der Waals surface area (Å²) >= 11 is 0. The average Bonchev–Trinajstić information content (AvgIpc) is 2.42. The molecule has 1 aromatic carbocycles. The quantitative estimate of drug-likeness (QED) is 0.918. The monoisotopic (exact) mass is 260 g/mol. The molecule has 0 amide bonds. The third-order valence-electron chi connectivity index (χ3n) is 3.06. The number of hydrogen-bond acceptors (Lipinski definition) is 2. The smallest absolute Gasteiger partial charge is 0.255 e. The van der Waals surface area contributed by atoms with Gasteiger partial charge in [0.15, 0.2) is 0 Å². The van der Waals surface area contributed by atoms with Crippen molar-refractivity contribution in [1.82, 2.24) is 4.57 Å². The molecule has 0 aliphatic rings. The fourth-order valence-electron chi connectivity index (χ4n) is 2.10. The molecule has 1 heterocycles. The predicted octanol–water partition coefficient (Wildman–Crippen LogP) is 2.52. The zero-order valence-electron chi connectivity index (χ0n) is 10.9. The number of rotatable bonds is 4. The van der Waals surface area contributed by atoms with Crippen LogP contribution in [0.25, 0.3) is 11.3 Å². The van der Waals surface area contributed by atoms with E-state index < -0.39 is 0 Å². The maximum Gasteiger partial charge on any atom is 0.255 e. The molecule has 0 fully saturated rings. The lowest BCUT2D eigenvalue weighted by molar-refractivity contribution is 0.627. The minimum atomic E-state index is -0.285. The largest absolute Gasteiger partial charge is 0.326 e. The van der Waals surface area contributed by atoms with E-state index in [4.69, 9.17) is 5.73 Å². The molecule has 2 N–H and O–H groups in total. The molecule has 0 atom stereocenters. The Morgan fingerprint density at radius 3 is 2.42 bits per heavy atom. The second kappa shape index (κ2) is 5.80. The zero-order valence-corrected chi connectivity index (χ0v) is 10.9. The Morgan fingerprint density at radius 1 is 1.16 bits per heavy atom. The Kier molecular flexibility index (Phi) is 4.12. The van der Waals surface area contributed by atoms with Crippen LogP contribution in [0, 0.1) is 5.82 Å². The van der Waals surface area contributed by atoms with Crippen LogP contribution in [0.5, 0.6) is 0 Å². The number of nitrogens with two attached hydrogens (primary N) is 1. The van der Waals surface area contributed by atoms with Crippen molar-refractivity contribution in [2.75, 3.05) is 0 Å². The molecule has 0 bridgehead atoms. The molecule has 3 nitrogen and oxygen atoms in total. The molecule has 0 saturated carbocycles. The van der Waals surface area contributed by atoms with E-state index in [0.29, 0.717) is 12.1 Å². The summed E-state index contributed by atoms with van der Waals surface area (Å²) in [5, 5.41) is 0. The maximum atomic E-state index is 13.0. The summed E-state index contributed by atoms with van der Waals surface area (Å²) in [6, 6.07) is 9.76. The van der Waals surface area contributed by atoms with Crippen LogP contribution < -0.4 is 11.3 Å². The minimum Gasteiger partial charge on any atom is -0.326 e. The van der Waals surface area contributed by atoms with Crippen LogP contribution in [0.2, 0.25) is 0 Å². The second-order valence-corrected chi connectivity index (χ2v) is 4.41. The van der Waals surface area contributed by atoms with Gasteiger partial charge in [0.1, 0.15) is 5.82 Å². The molecule has 0 aliphatic heterocycles. The highest BCUT2D eigenvalue weighted by molar-refractivity contribution is 5.59. The van der Waals surface area contributed by atoms with Crippen molar-refractivity contribution in [2.45, 2.75) is 26.4 Å². The Balaban J connectivity index is 2.59. The molecule has 0 aliphatic carbocycles. The predicted molar refractivity (Wildman–Crippen MR) is 74.3 cm³/mol. The highest BCUT2D eigenvalue weighted by Gasteiger charge is 2.09. The fourth-order valence-corrected chi connectivity index (χ4v) is 2.10. The molecule has 0 unspecified atom stereocenters. The van der Waals surface area contributed by atoms with Crippen molar-refractivity contribution >= 4 is 0 Å². The molecule has 100 valence electrons. The Morgan fingerprint density at radius 2 is 1.84 bits per heavy atom. The van der Waals surface area contributed by atoms with Crippen molar-refractivity contribution in [3.05, 3.63) is 58.1 Å². The molecule has 0 saturated heterocycles. The van der Waals surface area contributed by atoms with Gasteiger partial charge >= 0.3 is 0 Å². The number of pyridine rings is 1. The van der Waals surface area contributed by atoms with Gasteiger partial charge in [-0.25, -0.2) is 4.39 Å². The van der Waals surface area contributed by atoms with E-state index in [-0.39, 0.29) is 17.9 Å². The molecule has 0 spiro atoms.